The molecule has 7 heteroatoms. The third-order valence-corrected chi connectivity index (χ3v) is 9.73. The Hall–Kier alpha value is -2.54. The summed E-state index contributed by atoms with van der Waals surface area (Å²) < 4.78 is 5.52. The summed E-state index contributed by atoms with van der Waals surface area (Å²) >= 11 is 0. The maximum Gasteiger partial charge on any atom is 0.410 e. The second-order valence-corrected chi connectivity index (χ2v) is 11.5. The molecule has 0 bridgehead atoms. The smallest absolute Gasteiger partial charge is 0.410 e. The van der Waals surface area contributed by atoms with Gasteiger partial charge in [0.25, 0.3) is 0 Å². The van der Waals surface area contributed by atoms with Crippen molar-refractivity contribution in [2.45, 2.75) is 68.5 Å². The van der Waals surface area contributed by atoms with E-state index in [-0.39, 0.29) is 23.1 Å². The van der Waals surface area contributed by atoms with E-state index < -0.39 is 0 Å². The number of likely N-dealkylation sites (tertiary alicyclic amines) is 2. The lowest BCUT2D eigenvalue weighted by atomic mass is 9.74. The summed E-state index contributed by atoms with van der Waals surface area (Å²) in [6.45, 7) is 5.21. The molecule has 5 aliphatic rings. The van der Waals surface area contributed by atoms with Crippen molar-refractivity contribution >= 4 is 17.8 Å². The number of fused-ring (bicyclic) bond motifs is 2. The number of anilines is 1. The predicted octanol–water partition coefficient (Wildman–Crippen LogP) is 4.23. The van der Waals surface area contributed by atoms with Crippen molar-refractivity contribution in [3.8, 4) is 0 Å². The number of amides is 3. The van der Waals surface area contributed by atoms with Gasteiger partial charge in [-0.1, -0.05) is 30.4 Å². The fraction of sp³-hybridized carbons (Fsp3) is 0.643. The lowest BCUT2D eigenvalue weighted by molar-refractivity contribution is 0.116. The van der Waals surface area contributed by atoms with Gasteiger partial charge in [0.05, 0.1) is 11.6 Å². The van der Waals surface area contributed by atoms with Crippen molar-refractivity contribution in [1.82, 2.24) is 14.7 Å². The quantitative estimate of drug-likeness (QED) is 0.482. The van der Waals surface area contributed by atoms with E-state index in [9.17, 15) is 9.59 Å². The molecule has 2 saturated carbocycles. The Bertz CT molecular complexity index is 1050. The van der Waals surface area contributed by atoms with Crippen molar-refractivity contribution in [3.63, 3.8) is 0 Å². The van der Waals surface area contributed by atoms with Crippen LogP contribution >= 0.6 is 0 Å². The van der Waals surface area contributed by atoms with Gasteiger partial charge in [0.1, 0.15) is 6.61 Å². The maximum absolute atomic E-state index is 12.9. The topological polar surface area (TPSA) is 56.1 Å². The summed E-state index contributed by atoms with van der Waals surface area (Å²) in [5.41, 5.74) is 2.54. The third kappa shape index (κ3) is 3.34. The number of para-hydroxylation sites is 1. The zero-order valence-corrected chi connectivity index (χ0v) is 21.3. The normalized spacial score (nSPS) is 32.6. The van der Waals surface area contributed by atoms with Crippen LogP contribution in [0.5, 0.6) is 0 Å². The highest BCUT2D eigenvalue weighted by molar-refractivity contribution is 5.95. The Morgan fingerprint density at radius 3 is 2.69 bits per heavy atom. The van der Waals surface area contributed by atoms with Crippen LogP contribution in [0.15, 0.2) is 36.4 Å². The van der Waals surface area contributed by atoms with Crippen molar-refractivity contribution in [2.24, 2.45) is 5.92 Å². The highest BCUT2D eigenvalue weighted by atomic mass is 16.6. The monoisotopic (exact) mass is 478 g/mol. The summed E-state index contributed by atoms with van der Waals surface area (Å²) in [6.07, 6.45) is 10.5. The number of carbonyl (C=O) groups is 2. The van der Waals surface area contributed by atoms with E-state index >= 15 is 0 Å². The number of hydrogen-bond donors (Lipinski definition) is 0. The molecule has 0 aromatic heterocycles. The Kier molecular flexibility index (Phi) is 5.40. The van der Waals surface area contributed by atoms with Gasteiger partial charge in [-0.15, -0.1) is 0 Å². The van der Waals surface area contributed by atoms with Crippen molar-refractivity contribution < 1.29 is 14.3 Å². The number of rotatable bonds is 3. The van der Waals surface area contributed by atoms with Crippen LogP contribution in [0.3, 0.4) is 0 Å². The number of hydrogen-bond acceptors (Lipinski definition) is 4. The molecule has 2 spiro atoms. The average molecular weight is 479 g/mol. The molecule has 7 nitrogen and oxygen atoms in total. The average Bonchev–Trinajstić information content (AvgIpc) is 3.11. The minimum atomic E-state index is -0.121. The van der Waals surface area contributed by atoms with Crippen LogP contribution in [0.4, 0.5) is 15.3 Å². The van der Waals surface area contributed by atoms with Gasteiger partial charge in [-0.25, -0.2) is 9.59 Å². The Morgan fingerprint density at radius 2 is 1.94 bits per heavy atom. The van der Waals surface area contributed by atoms with Crippen molar-refractivity contribution in [1.29, 1.82) is 0 Å². The highest BCUT2D eigenvalue weighted by Gasteiger charge is 2.75. The summed E-state index contributed by atoms with van der Waals surface area (Å²) in [7, 11) is 3.67. The first kappa shape index (κ1) is 22.9. The van der Waals surface area contributed by atoms with Gasteiger partial charge in [-0.05, 0) is 76.1 Å². The molecule has 3 heterocycles. The van der Waals surface area contributed by atoms with Crippen molar-refractivity contribution in [3.05, 3.63) is 42.0 Å². The minimum Gasteiger partial charge on any atom is -0.445 e. The number of piperidine rings is 2. The number of ether oxygens (including phenoxy) is 1. The van der Waals surface area contributed by atoms with Gasteiger partial charge in [0, 0.05) is 37.8 Å². The van der Waals surface area contributed by atoms with E-state index in [1.807, 2.05) is 44.1 Å². The molecule has 188 valence electrons. The first-order valence-electron chi connectivity index (χ1n) is 13.3. The summed E-state index contributed by atoms with van der Waals surface area (Å²) in [5, 5.41) is 0. The first-order valence-corrected chi connectivity index (χ1v) is 13.3. The number of carbonyl (C=O) groups excluding carboxylic acids is 2. The summed E-state index contributed by atoms with van der Waals surface area (Å²) in [5.74, 6) is 0.614. The van der Waals surface area contributed by atoms with Gasteiger partial charge < -0.3 is 14.5 Å². The molecule has 2 saturated heterocycles. The SMILES string of the molecule is CC=CCOC(=O)N1C2CCC3CC(N4CCC5(CC4)CN(C(=O)N(C)C)c4ccccc45)CC321. The van der Waals surface area contributed by atoms with Crippen molar-refractivity contribution in [2.75, 3.05) is 45.2 Å². The van der Waals surface area contributed by atoms with E-state index in [2.05, 4.69) is 28.0 Å². The fourth-order valence-electron chi connectivity index (χ4n) is 8.03. The van der Waals surface area contributed by atoms with E-state index in [0.29, 0.717) is 24.6 Å². The van der Waals surface area contributed by atoms with Crippen LogP contribution in [-0.4, -0.2) is 84.8 Å². The van der Waals surface area contributed by atoms with Gasteiger partial charge in [-0.3, -0.25) is 9.80 Å². The molecule has 2 aliphatic carbocycles. The molecule has 6 rings (SSSR count). The minimum absolute atomic E-state index is 0.0519. The lowest BCUT2D eigenvalue weighted by Gasteiger charge is -2.42. The highest BCUT2D eigenvalue weighted by Crippen LogP contribution is 2.65. The second-order valence-electron chi connectivity index (χ2n) is 11.5. The summed E-state index contributed by atoms with van der Waals surface area (Å²) in [4.78, 5) is 34.1. The molecule has 4 fully saturated rings. The van der Waals surface area contributed by atoms with E-state index in [1.165, 1.54) is 18.4 Å². The van der Waals surface area contributed by atoms with Crippen LogP contribution in [-0.2, 0) is 10.2 Å². The third-order valence-electron chi connectivity index (χ3n) is 9.73. The Labute approximate surface area is 208 Å². The molecule has 3 amide bonds. The standard InChI is InChI=1S/C28H38N4O3/c1-4-5-16-35-26(34)32-24-11-10-20-17-21(18-28(20,24)32)30-14-12-27(13-15-30)19-31(25(33)29(2)3)23-9-7-6-8-22(23)27/h4-9,20-21,24H,10-19H2,1-3H3. The molecule has 4 unspecified atom stereocenters. The molecule has 35 heavy (non-hydrogen) atoms. The van der Waals surface area contributed by atoms with Crippen LogP contribution < -0.4 is 4.90 Å². The van der Waals surface area contributed by atoms with Crippen LogP contribution in [0.2, 0.25) is 0 Å². The van der Waals surface area contributed by atoms with Crippen LogP contribution in [0.25, 0.3) is 0 Å². The van der Waals surface area contributed by atoms with Gasteiger partial charge in [-0.2, -0.15) is 0 Å². The molecule has 0 radical (unpaired) electrons. The molecule has 4 atom stereocenters. The number of nitrogens with zero attached hydrogens (tertiary/aromatic N) is 4. The maximum atomic E-state index is 12.9. The number of benzene rings is 1. The first-order chi connectivity index (χ1) is 16.9. The predicted molar refractivity (Wildman–Crippen MR) is 136 cm³/mol. The molecule has 0 N–H and O–H groups in total. The second kappa shape index (κ2) is 8.26. The lowest BCUT2D eigenvalue weighted by Crippen LogP contribution is -2.49. The van der Waals surface area contributed by atoms with Crippen LogP contribution in [0.1, 0.15) is 51.0 Å². The van der Waals surface area contributed by atoms with E-state index in [4.69, 9.17) is 4.74 Å². The zero-order chi connectivity index (χ0) is 24.4. The fourth-order valence-corrected chi connectivity index (χ4v) is 8.03. The van der Waals surface area contributed by atoms with Crippen LogP contribution in [0, 0.1) is 5.92 Å². The molecular formula is C28H38N4O3. The Morgan fingerprint density at radius 1 is 1.17 bits per heavy atom. The number of urea groups is 1. The largest absolute Gasteiger partial charge is 0.445 e. The van der Waals surface area contributed by atoms with E-state index in [0.717, 1.165) is 51.0 Å². The molecule has 1 aromatic carbocycles. The Balaban J connectivity index is 1.13. The molecule has 1 aromatic rings. The van der Waals surface area contributed by atoms with Gasteiger partial charge in [0.15, 0.2) is 0 Å². The summed E-state index contributed by atoms with van der Waals surface area (Å²) in [6, 6.07) is 9.50. The molecular weight excluding hydrogens is 440 g/mol. The van der Waals surface area contributed by atoms with Gasteiger partial charge >= 0.3 is 12.1 Å². The van der Waals surface area contributed by atoms with Gasteiger partial charge in [0.2, 0.25) is 0 Å². The molecule has 3 aliphatic heterocycles. The zero-order valence-electron chi connectivity index (χ0n) is 21.3. The number of allylic oxidation sites excluding steroid dienone is 1. The van der Waals surface area contributed by atoms with E-state index in [1.54, 1.807) is 4.90 Å².